The largest absolute Gasteiger partial charge is 0.459 e. The van der Waals surface area contributed by atoms with Gasteiger partial charge in [0.15, 0.2) is 11.6 Å². The van der Waals surface area contributed by atoms with Gasteiger partial charge in [0, 0.05) is 24.7 Å². The molecule has 4 rings (SSSR count). The molecule has 3 heterocycles. The monoisotopic (exact) mass is 322 g/mol. The molecule has 3 aromatic rings. The van der Waals surface area contributed by atoms with Gasteiger partial charge in [0.2, 0.25) is 0 Å². The minimum atomic E-state index is -0.0366. The number of piperidine rings is 1. The van der Waals surface area contributed by atoms with E-state index in [2.05, 4.69) is 14.8 Å². The van der Waals surface area contributed by atoms with E-state index in [1.807, 2.05) is 35.2 Å². The van der Waals surface area contributed by atoms with Crippen molar-refractivity contribution in [1.29, 1.82) is 0 Å². The number of carbonyl (C=O) groups is 1. The molecule has 0 atom stereocenters. The third-order valence-electron chi connectivity index (χ3n) is 4.48. The highest BCUT2D eigenvalue weighted by atomic mass is 16.3. The molecule has 2 aromatic heterocycles. The summed E-state index contributed by atoms with van der Waals surface area (Å²) in [5.74, 6) is 1.25. The third kappa shape index (κ3) is 2.71. The molecule has 1 aliphatic rings. The predicted octanol–water partition coefficient (Wildman–Crippen LogP) is 3.02. The Morgan fingerprint density at radius 3 is 2.58 bits per heavy atom. The zero-order chi connectivity index (χ0) is 16.4. The van der Waals surface area contributed by atoms with Gasteiger partial charge in [0.25, 0.3) is 5.91 Å². The Labute approximate surface area is 139 Å². The maximum absolute atomic E-state index is 12.3. The minimum absolute atomic E-state index is 0.0366. The van der Waals surface area contributed by atoms with Crippen molar-refractivity contribution in [3.05, 3.63) is 60.8 Å². The van der Waals surface area contributed by atoms with Crippen LogP contribution < -0.4 is 0 Å². The van der Waals surface area contributed by atoms with Crippen LogP contribution in [-0.2, 0) is 0 Å². The van der Waals surface area contributed by atoms with Crippen molar-refractivity contribution in [2.75, 3.05) is 13.1 Å². The van der Waals surface area contributed by atoms with Gasteiger partial charge in [0.05, 0.1) is 6.26 Å². The van der Waals surface area contributed by atoms with Crippen LogP contribution in [0.4, 0.5) is 0 Å². The number of amides is 1. The van der Waals surface area contributed by atoms with Crippen LogP contribution in [0, 0.1) is 0 Å². The second-order valence-electron chi connectivity index (χ2n) is 5.93. The highest BCUT2D eigenvalue weighted by Gasteiger charge is 2.27. The number of furan rings is 1. The number of carbonyl (C=O) groups excluding carboxylic acids is 1. The predicted molar refractivity (Wildman–Crippen MR) is 88.3 cm³/mol. The van der Waals surface area contributed by atoms with Gasteiger partial charge < -0.3 is 13.9 Å². The van der Waals surface area contributed by atoms with Crippen LogP contribution >= 0.6 is 0 Å². The maximum atomic E-state index is 12.3. The van der Waals surface area contributed by atoms with Gasteiger partial charge in [-0.15, -0.1) is 10.2 Å². The molecule has 0 bridgehead atoms. The van der Waals surface area contributed by atoms with Gasteiger partial charge in [-0.3, -0.25) is 4.79 Å². The van der Waals surface area contributed by atoms with Crippen molar-refractivity contribution >= 4 is 5.91 Å². The molecule has 0 N–H and O–H groups in total. The lowest BCUT2D eigenvalue weighted by atomic mass is 10.0. The fourth-order valence-corrected chi connectivity index (χ4v) is 3.21. The molecule has 1 fully saturated rings. The number of likely N-dealkylation sites (tertiary alicyclic amines) is 1. The smallest absolute Gasteiger partial charge is 0.289 e. The third-order valence-corrected chi connectivity index (χ3v) is 4.48. The normalized spacial score (nSPS) is 15.6. The summed E-state index contributed by atoms with van der Waals surface area (Å²) >= 11 is 0. The average Bonchev–Trinajstić information content (AvgIpc) is 3.34. The van der Waals surface area contributed by atoms with Gasteiger partial charge in [-0.1, -0.05) is 30.3 Å². The Hall–Kier alpha value is -2.89. The minimum Gasteiger partial charge on any atom is -0.459 e. The summed E-state index contributed by atoms with van der Waals surface area (Å²) in [5.41, 5.74) is 1.06. The van der Waals surface area contributed by atoms with Gasteiger partial charge in [-0.25, -0.2) is 0 Å². The van der Waals surface area contributed by atoms with Crippen LogP contribution in [0.15, 0.2) is 59.5 Å². The molecule has 122 valence electrons. The number of aromatic nitrogens is 3. The summed E-state index contributed by atoms with van der Waals surface area (Å²) in [7, 11) is 0. The summed E-state index contributed by atoms with van der Waals surface area (Å²) in [6.45, 7) is 1.41. The van der Waals surface area contributed by atoms with Gasteiger partial charge in [-0.2, -0.15) is 0 Å². The molecular formula is C18H18N4O2. The van der Waals surface area contributed by atoms with E-state index in [1.165, 1.54) is 6.26 Å². The van der Waals surface area contributed by atoms with Crippen molar-refractivity contribution < 1.29 is 9.21 Å². The molecule has 0 unspecified atom stereocenters. The number of rotatable bonds is 3. The molecule has 1 aromatic carbocycles. The molecule has 0 spiro atoms. The number of nitrogens with zero attached hydrogens (tertiary/aromatic N) is 4. The first kappa shape index (κ1) is 14.7. The summed E-state index contributed by atoms with van der Waals surface area (Å²) in [6.07, 6.45) is 5.08. The molecule has 6 nitrogen and oxygen atoms in total. The Balaban J connectivity index is 1.47. The number of hydrogen-bond donors (Lipinski definition) is 0. The van der Waals surface area contributed by atoms with Crippen molar-refractivity contribution in [2.45, 2.75) is 18.9 Å². The quantitative estimate of drug-likeness (QED) is 0.743. The van der Waals surface area contributed by atoms with E-state index in [0.29, 0.717) is 24.9 Å². The fourth-order valence-electron chi connectivity index (χ4n) is 3.21. The van der Waals surface area contributed by atoms with Crippen LogP contribution in [0.2, 0.25) is 0 Å². The zero-order valence-corrected chi connectivity index (χ0v) is 13.2. The summed E-state index contributed by atoms with van der Waals surface area (Å²) in [4.78, 5) is 14.2. The van der Waals surface area contributed by atoms with Crippen LogP contribution in [-0.4, -0.2) is 38.7 Å². The molecule has 24 heavy (non-hydrogen) atoms. The second kappa shape index (κ2) is 6.31. The lowest BCUT2D eigenvalue weighted by Crippen LogP contribution is -2.39. The molecular weight excluding hydrogens is 304 g/mol. The summed E-state index contributed by atoms with van der Waals surface area (Å²) < 4.78 is 7.34. The lowest BCUT2D eigenvalue weighted by molar-refractivity contribution is 0.0663. The van der Waals surface area contributed by atoms with Crippen molar-refractivity contribution in [2.24, 2.45) is 0 Å². The Bertz CT molecular complexity index is 803. The lowest BCUT2D eigenvalue weighted by Gasteiger charge is -2.32. The Kier molecular flexibility index (Phi) is 3.86. The first-order chi connectivity index (χ1) is 11.8. The van der Waals surface area contributed by atoms with E-state index >= 15 is 0 Å². The van der Waals surface area contributed by atoms with E-state index in [1.54, 1.807) is 18.5 Å². The SMILES string of the molecule is O=C(c1ccco1)N1CCC(n2cnnc2-c2ccccc2)CC1. The van der Waals surface area contributed by atoms with E-state index in [9.17, 15) is 4.79 Å². The number of benzene rings is 1. The van der Waals surface area contributed by atoms with Gasteiger partial charge in [0.1, 0.15) is 6.33 Å². The molecule has 0 saturated carbocycles. The van der Waals surface area contributed by atoms with Crippen LogP contribution in [0.3, 0.4) is 0 Å². The van der Waals surface area contributed by atoms with Crippen molar-refractivity contribution in [3.8, 4) is 11.4 Å². The molecule has 1 saturated heterocycles. The van der Waals surface area contributed by atoms with Gasteiger partial charge >= 0.3 is 0 Å². The number of hydrogen-bond acceptors (Lipinski definition) is 4. The first-order valence-electron chi connectivity index (χ1n) is 8.10. The molecule has 1 aliphatic heterocycles. The summed E-state index contributed by atoms with van der Waals surface area (Å²) in [6, 6.07) is 13.8. The molecule has 1 amide bonds. The highest BCUT2D eigenvalue weighted by Crippen LogP contribution is 2.28. The van der Waals surface area contributed by atoms with E-state index in [4.69, 9.17) is 4.42 Å². The van der Waals surface area contributed by atoms with Crippen LogP contribution in [0.1, 0.15) is 29.4 Å². The van der Waals surface area contributed by atoms with Crippen LogP contribution in [0.25, 0.3) is 11.4 Å². The van der Waals surface area contributed by atoms with Gasteiger partial charge in [-0.05, 0) is 25.0 Å². The molecule has 6 heteroatoms. The van der Waals surface area contributed by atoms with E-state index < -0.39 is 0 Å². The topological polar surface area (TPSA) is 64.2 Å². The summed E-state index contributed by atoms with van der Waals surface area (Å²) in [5, 5.41) is 8.36. The Morgan fingerprint density at radius 1 is 1.08 bits per heavy atom. The molecule has 0 aliphatic carbocycles. The molecule has 0 radical (unpaired) electrons. The standard InChI is InChI=1S/C18H18N4O2/c23-18(16-7-4-12-24-16)21-10-8-15(9-11-21)22-13-19-20-17(22)14-5-2-1-3-6-14/h1-7,12-13,15H,8-11H2. The van der Waals surface area contributed by atoms with E-state index in [-0.39, 0.29) is 5.91 Å². The van der Waals surface area contributed by atoms with Crippen molar-refractivity contribution in [3.63, 3.8) is 0 Å². The van der Waals surface area contributed by atoms with Crippen molar-refractivity contribution in [1.82, 2.24) is 19.7 Å². The Morgan fingerprint density at radius 2 is 1.88 bits per heavy atom. The van der Waals surface area contributed by atoms with E-state index in [0.717, 1.165) is 24.2 Å². The highest BCUT2D eigenvalue weighted by molar-refractivity contribution is 5.91. The fraction of sp³-hybridized carbons (Fsp3) is 0.278. The first-order valence-corrected chi connectivity index (χ1v) is 8.10. The second-order valence-corrected chi connectivity index (χ2v) is 5.93. The zero-order valence-electron chi connectivity index (χ0n) is 13.2. The average molecular weight is 322 g/mol. The maximum Gasteiger partial charge on any atom is 0.289 e. The van der Waals surface area contributed by atoms with Crippen LogP contribution in [0.5, 0.6) is 0 Å².